The number of fused-ring (bicyclic) bond motifs is 2. The molecule has 0 unspecified atom stereocenters. The van der Waals surface area contributed by atoms with Gasteiger partial charge in [-0.2, -0.15) is 0 Å². The molecule has 0 saturated carbocycles. The molecule has 0 atom stereocenters. The Morgan fingerprint density at radius 2 is 1.82 bits per heavy atom. The second-order valence-corrected chi connectivity index (χ2v) is 7.97. The minimum Gasteiger partial charge on any atom is -0.493 e. The van der Waals surface area contributed by atoms with E-state index in [1.807, 2.05) is 56.3 Å². The van der Waals surface area contributed by atoms with E-state index in [0.29, 0.717) is 42.8 Å². The lowest BCUT2D eigenvalue weighted by Crippen LogP contribution is -2.16. The Balaban J connectivity index is 1.46. The third-order valence-electron chi connectivity index (χ3n) is 5.64. The van der Waals surface area contributed by atoms with Gasteiger partial charge in [0.1, 0.15) is 24.5 Å². The van der Waals surface area contributed by atoms with Gasteiger partial charge in [-0.3, -0.25) is 4.79 Å². The van der Waals surface area contributed by atoms with Crippen LogP contribution in [0.4, 0.5) is 5.69 Å². The van der Waals surface area contributed by atoms with Crippen LogP contribution < -0.4 is 19.5 Å². The number of benzene rings is 3. The molecule has 0 bridgehead atoms. The fraction of sp³-hybridized carbons (Fsp3) is 0.179. The number of ether oxygens (including phenoxy) is 3. The first-order chi connectivity index (χ1) is 16.6. The SMILES string of the molecule is CCOc1cc2occ(-c3ccccc3)c2cc1/C(C)=C/C(=O)Nc1ccc2c(c1)OCCO2. The van der Waals surface area contributed by atoms with Crippen molar-refractivity contribution in [1.29, 1.82) is 0 Å². The van der Waals surface area contributed by atoms with E-state index in [9.17, 15) is 4.79 Å². The molecule has 0 fully saturated rings. The molecule has 1 N–H and O–H groups in total. The Hall–Kier alpha value is -4.19. The summed E-state index contributed by atoms with van der Waals surface area (Å²) in [5, 5.41) is 3.87. The fourth-order valence-electron chi connectivity index (χ4n) is 4.05. The highest BCUT2D eigenvalue weighted by atomic mass is 16.6. The second-order valence-electron chi connectivity index (χ2n) is 7.97. The maximum atomic E-state index is 12.8. The molecule has 1 amide bonds. The minimum absolute atomic E-state index is 0.243. The molecule has 0 spiro atoms. The Kier molecular flexibility index (Phi) is 5.95. The fourth-order valence-corrected chi connectivity index (χ4v) is 4.05. The molecule has 1 aliphatic rings. The van der Waals surface area contributed by atoms with Crippen LogP contribution in [-0.4, -0.2) is 25.7 Å². The predicted octanol–water partition coefficient (Wildman–Crippen LogP) is 6.31. The summed E-state index contributed by atoms with van der Waals surface area (Å²) < 4.78 is 22.9. The summed E-state index contributed by atoms with van der Waals surface area (Å²) in [6.45, 7) is 5.34. The second kappa shape index (κ2) is 9.35. The summed E-state index contributed by atoms with van der Waals surface area (Å²) in [6, 6.07) is 19.3. The molecule has 1 aliphatic heterocycles. The van der Waals surface area contributed by atoms with Crippen LogP contribution >= 0.6 is 0 Å². The molecule has 6 nitrogen and oxygen atoms in total. The van der Waals surface area contributed by atoms with Gasteiger partial charge >= 0.3 is 0 Å². The zero-order chi connectivity index (χ0) is 23.5. The first kappa shape index (κ1) is 21.6. The van der Waals surface area contributed by atoms with Gasteiger partial charge in [0.25, 0.3) is 0 Å². The highest BCUT2D eigenvalue weighted by Crippen LogP contribution is 2.38. The van der Waals surface area contributed by atoms with E-state index in [1.54, 1.807) is 30.5 Å². The highest BCUT2D eigenvalue weighted by molar-refractivity contribution is 6.05. The van der Waals surface area contributed by atoms with Crippen molar-refractivity contribution in [2.45, 2.75) is 13.8 Å². The van der Waals surface area contributed by atoms with Crippen molar-refractivity contribution < 1.29 is 23.4 Å². The number of amides is 1. The molecular weight excluding hydrogens is 430 g/mol. The Bertz CT molecular complexity index is 1370. The number of hydrogen-bond donors (Lipinski definition) is 1. The first-order valence-corrected chi connectivity index (χ1v) is 11.2. The normalized spacial score (nSPS) is 13.1. The van der Waals surface area contributed by atoms with E-state index >= 15 is 0 Å². The van der Waals surface area contributed by atoms with Gasteiger partial charge in [0, 0.05) is 40.4 Å². The quantitative estimate of drug-likeness (QED) is 0.345. The van der Waals surface area contributed by atoms with Crippen LogP contribution in [0.3, 0.4) is 0 Å². The number of anilines is 1. The van der Waals surface area contributed by atoms with E-state index < -0.39 is 0 Å². The first-order valence-electron chi connectivity index (χ1n) is 11.2. The van der Waals surface area contributed by atoms with Crippen molar-refractivity contribution in [1.82, 2.24) is 0 Å². The molecule has 34 heavy (non-hydrogen) atoms. The molecule has 0 saturated heterocycles. The standard InChI is InChI=1S/C28H25NO5/c1-3-31-25-16-26-22(23(17-34-26)19-7-5-4-6-8-19)15-21(25)18(2)13-28(30)29-20-9-10-24-27(14-20)33-12-11-32-24/h4-10,13-17H,3,11-12H2,1-2H3,(H,29,30)/b18-13+. The van der Waals surface area contributed by atoms with E-state index in [0.717, 1.165) is 33.2 Å². The monoisotopic (exact) mass is 455 g/mol. The molecule has 5 rings (SSSR count). The Morgan fingerprint density at radius 1 is 1.03 bits per heavy atom. The van der Waals surface area contributed by atoms with Gasteiger partial charge in [-0.05, 0) is 43.2 Å². The average Bonchev–Trinajstić information content (AvgIpc) is 3.27. The lowest BCUT2D eigenvalue weighted by Gasteiger charge is -2.18. The van der Waals surface area contributed by atoms with Crippen molar-refractivity contribution in [3.63, 3.8) is 0 Å². The summed E-state index contributed by atoms with van der Waals surface area (Å²) in [4.78, 5) is 12.8. The number of carbonyl (C=O) groups excluding carboxylic acids is 1. The molecule has 3 aromatic carbocycles. The van der Waals surface area contributed by atoms with Gasteiger partial charge in [0.2, 0.25) is 5.91 Å². The molecule has 6 heteroatoms. The Labute approximate surface area is 197 Å². The minimum atomic E-state index is -0.243. The van der Waals surface area contributed by atoms with Crippen LogP contribution in [0.2, 0.25) is 0 Å². The molecule has 0 radical (unpaired) electrons. The van der Waals surface area contributed by atoms with Gasteiger partial charge in [-0.1, -0.05) is 30.3 Å². The molecular formula is C28H25NO5. The van der Waals surface area contributed by atoms with Crippen LogP contribution in [0.15, 0.2) is 77.4 Å². The molecule has 172 valence electrons. The van der Waals surface area contributed by atoms with Gasteiger partial charge in [0.15, 0.2) is 11.5 Å². The number of allylic oxidation sites excluding steroid dienone is 1. The van der Waals surface area contributed by atoms with Crippen LogP contribution in [0.1, 0.15) is 19.4 Å². The van der Waals surface area contributed by atoms with Crippen molar-refractivity contribution in [2.75, 3.05) is 25.1 Å². The van der Waals surface area contributed by atoms with E-state index in [-0.39, 0.29) is 5.91 Å². The van der Waals surface area contributed by atoms with Crippen molar-refractivity contribution in [3.8, 4) is 28.4 Å². The number of hydrogen-bond acceptors (Lipinski definition) is 5. The third kappa shape index (κ3) is 4.35. The van der Waals surface area contributed by atoms with Gasteiger partial charge in [-0.25, -0.2) is 0 Å². The summed E-state index contributed by atoms with van der Waals surface area (Å²) in [5.41, 5.74) is 5.05. The maximum Gasteiger partial charge on any atom is 0.248 e. The maximum absolute atomic E-state index is 12.8. The molecule has 4 aromatic rings. The van der Waals surface area contributed by atoms with E-state index in [1.165, 1.54) is 0 Å². The van der Waals surface area contributed by atoms with E-state index in [4.69, 9.17) is 18.6 Å². The van der Waals surface area contributed by atoms with Crippen LogP contribution in [0.5, 0.6) is 17.2 Å². The topological polar surface area (TPSA) is 69.9 Å². The molecule has 1 aromatic heterocycles. The summed E-state index contributed by atoms with van der Waals surface area (Å²) >= 11 is 0. The van der Waals surface area contributed by atoms with Crippen molar-refractivity contribution >= 4 is 28.1 Å². The van der Waals surface area contributed by atoms with Crippen molar-refractivity contribution in [2.24, 2.45) is 0 Å². The lowest BCUT2D eigenvalue weighted by molar-refractivity contribution is -0.111. The molecule has 0 aliphatic carbocycles. The number of furan rings is 1. The Morgan fingerprint density at radius 3 is 2.62 bits per heavy atom. The summed E-state index contributed by atoms with van der Waals surface area (Å²) in [6.07, 6.45) is 3.33. The van der Waals surface area contributed by atoms with Crippen molar-refractivity contribution in [3.05, 3.63) is 78.6 Å². The smallest absolute Gasteiger partial charge is 0.248 e. The van der Waals surface area contributed by atoms with Gasteiger partial charge in [0.05, 0.1) is 12.9 Å². The van der Waals surface area contributed by atoms with Crippen LogP contribution in [0, 0.1) is 0 Å². The lowest BCUT2D eigenvalue weighted by atomic mass is 9.99. The van der Waals surface area contributed by atoms with E-state index in [2.05, 4.69) is 5.32 Å². The third-order valence-corrected chi connectivity index (χ3v) is 5.64. The zero-order valence-corrected chi connectivity index (χ0v) is 19.1. The average molecular weight is 456 g/mol. The largest absolute Gasteiger partial charge is 0.493 e. The summed E-state index contributed by atoms with van der Waals surface area (Å²) in [7, 11) is 0. The van der Waals surface area contributed by atoms with Crippen LogP contribution in [0.25, 0.3) is 27.7 Å². The van der Waals surface area contributed by atoms with Gasteiger partial charge in [-0.15, -0.1) is 0 Å². The van der Waals surface area contributed by atoms with Crippen LogP contribution in [-0.2, 0) is 4.79 Å². The number of nitrogens with one attached hydrogen (secondary N) is 1. The zero-order valence-electron chi connectivity index (χ0n) is 19.1. The summed E-state index contributed by atoms with van der Waals surface area (Å²) in [5.74, 6) is 1.74. The number of rotatable bonds is 6. The number of carbonyl (C=O) groups is 1. The molecule has 2 heterocycles. The highest BCUT2D eigenvalue weighted by Gasteiger charge is 2.16. The van der Waals surface area contributed by atoms with Gasteiger partial charge < -0.3 is 23.9 Å². The predicted molar refractivity (Wildman–Crippen MR) is 133 cm³/mol.